The van der Waals surface area contributed by atoms with Gasteiger partial charge in [-0.25, -0.2) is 5.43 Å². The molecule has 0 atom stereocenters. The first-order chi connectivity index (χ1) is 9.97. The van der Waals surface area contributed by atoms with Gasteiger partial charge in [0.1, 0.15) is 0 Å². The van der Waals surface area contributed by atoms with Crippen molar-refractivity contribution in [2.45, 2.75) is 19.8 Å². The van der Waals surface area contributed by atoms with Crippen molar-refractivity contribution in [3.8, 4) is 0 Å². The van der Waals surface area contributed by atoms with Crippen LogP contribution in [-0.4, -0.2) is 22.3 Å². The summed E-state index contributed by atoms with van der Waals surface area (Å²) >= 11 is 11.8. The maximum Gasteiger partial charge on any atom is 0.291 e. The number of H-pyrrole nitrogens is 1. The third-order valence-electron chi connectivity index (χ3n) is 2.78. The lowest BCUT2D eigenvalue weighted by molar-refractivity contribution is 0.0950. The lowest BCUT2D eigenvalue weighted by atomic mass is 10.1. The molecule has 5 nitrogen and oxygen atoms in total. The van der Waals surface area contributed by atoms with Gasteiger partial charge in [-0.15, -0.1) is 0 Å². The average molecular weight is 325 g/mol. The van der Waals surface area contributed by atoms with Gasteiger partial charge in [-0.1, -0.05) is 43.1 Å². The number of hydrazone groups is 1. The second-order valence-electron chi connectivity index (χ2n) is 4.73. The van der Waals surface area contributed by atoms with Crippen molar-refractivity contribution >= 4 is 35.3 Å². The van der Waals surface area contributed by atoms with Crippen molar-refractivity contribution in [2.75, 3.05) is 0 Å². The van der Waals surface area contributed by atoms with Crippen molar-refractivity contribution in [1.82, 2.24) is 15.6 Å². The number of nitrogens with one attached hydrogen (secondary N) is 2. The van der Waals surface area contributed by atoms with Crippen LogP contribution in [0.5, 0.6) is 0 Å². The van der Waals surface area contributed by atoms with Crippen LogP contribution in [0.25, 0.3) is 0 Å². The molecule has 1 heterocycles. The largest absolute Gasteiger partial charge is 0.291 e. The molecular weight excluding hydrogens is 311 g/mol. The van der Waals surface area contributed by atoms with E-state index in [0.717, 1.165) is 5.69 Å². The van der Waals surface area contributed by atoms with E-state index in [-0.39, 0.29) is 17.5 Å². The predicted molar refractivity (Wildman–Crippen MR) is 84.2 cm³/mol. The molecule has 0 aliphatic heterocycles. The first kappa shape index (κ1) is 15.5. The van der Waals surface area contributed by atoms with Crippen LogP contribution < -0.4 is 5.43 Å². The van der Waals surface area contributed by atoms with Crippen LogP contribution in [-0.2, 0) is 0 Å². The number of hydrogen-bond donors (Lipinski definition) is 2. The molecule has 21 heavy (non-hydrogen) atoms. The normalized spacial score (nSPS) is 11.3. The zero-order valence-electron chi connectivity index (χ0n) is 11.5. The van der Waals surface area contributed by atoms with E-state index in [2.05, 4.69) is 20.7 Å². The van der Waals surface area contributed by atoms with E-state index in [4.69, 9.17) is 23.2 Å². The zero-order chi connectivity index (χ0) is 15.4. The Bertz CT molecular complexity index is 679. The third-order valence-corrected chi connectivity index (χ3v) is 3.35. The second-order valence-corrected chi connectivity index (χ2v) is 5.57. The van der Waals surface area contributed by atoms with E-state index in [0.29, 0.717) is 15.6 Å². The summed E-state index contributed by atoms with van der Waals surface area (Å²) in [6, 6.07) is 6.71. The Morgan fingerprint density at radius 1 is 1.38 bits per heavy atom. The van der Waals surface area contributed by atoms with Gasteiger partial charge in [0.05, 0.1) is 11.2 Å². The Labute approximate surface area is 132 Å². The zero-order valence-corrected chi connectivity index (χ0v) is 13.0. The number of aromatic nitrogens is 2. The molecule has 0 bridgehead atoms. The van der Waals surface area contributed by atoms with Gasteiger partial charge in [-0.05, 0) is 24.1 Å². The summed E-state index contributed by atoms with van der Waals surface area (Å²) in [5.41, 5.74) is 4.24. The third kappa shape index (κ3) is 4.06. The number of hydrogen-bond acceptors (Lipinski definition) is 3. The van der Waals surface area contributed by atoms with Crippen LogP contribution in [0.3, 0.4) is 0 Å². The highest BCUT2D eigenvalue weighted by molar-refractivity contribution is 6.36. The topological polar surface area (TPSA) is 70.1 Å². The summed E-state index contributed by atoms with van der Waals surface area (Å²) in [5.74, 6) is -0.116. The molecule has 1 aromatic heterocycles. The fourth-order valence-corrected chi connectivity index (χ4v) is 2.03. The van der Waals surface area contributed by atoms with Gasteiger partial charge < -0.3 is 0 Å². The Hall–Kier alpha value is -1.85. The Balaban J connectivity index is 2.01. The van der Waals surface area contributed by atoms with E-state index in [1.807, 2.05) is 13.8 Å². The minimum Gasteiger partial charge on any atom is -0.282 e. The summed E-state index contributed by atoms with van der Waals surface area (Å²) in [5, 5.41) is 11.6. The first-order valence-corrected chi connectivity index (χ1v) is 7.06. The van der Waals surface area contributed by atoms with Crippen molar-refractivity contribution in [3.63, 3.8) is 0 Å². The van der Waals surface area contributed by atoms with E-state index in [1.54, 1.807) is 24.3 Å². The standard InChI is InChI=1S/C14H14Cl2N4O/c1-8(2)12-6-13(19-18-12)14(21)20-17-7-9-3-4-10(15)5-11(9)16/h3-8H,1-2H3,(H,18,19)(H,20,21)/b17-7-. The van der Waals surface area contributed by atoms with Gasteiger partial charge in [-0.3, -0.25) is 9.89 Å². The minimum atomic E-state index is -0.389. The van der Waals surface area contributed by atoms with Crippen molar-refractivity contribution < 1.29 is 4.79 Å². The van der Waals surface area contributed by atoms with Crippen LogP contribution in [0.15, 0.2) is 29.4 Å². The molecule has 2 aromatic rings. The number of halogens is 2. The number of rotatable bonds is 4. The Morgan fingerprint density at radius 3 is 2.76 bits per heavy atom. The summed E-state index contributed by atoms with van der Waals surface area (Å²) in [6.07, 6.45) is 1.45. The highest BCUT2D eigenvalue weighted by Crippen LogP contribution is 2.19. The van der Waals surface area contributed by atoms with Crippen LogP contribution in [0.2, 0.25) is 10.0 Å². The molecule has 0 aliphatic rings. The number of carbonyl (C=O) groups is 1. The molecule has 110 valence electrons. The lowest BCUT2D eigenvalue weighted by Crippen LogP contribution is -2.18. The smallest absolute Gasteiger partial charge is 0.282 e. The summed E-state index contributed by atoms with van der Waals surface area (Å²) in [4.78, 5) is 11.8. The molecule has 0 fully saturated rings. The SMILES string of the molecule is CC(C)c1cc(C(=O)N/N=C\c2ccc(Cl)cc2Cl)n[nH]1. The van der Waals surface area contributed by atoms with Crippen molar-refractivity contribution in [2.24, 2.45) is 5.10 Å². The quantitative estimate of drug-likeness (QED) is 0.666. The van der Waals surface area contributed by atoms with Crippen LogP contribution in [0.1, 0.15) is 41.5 Å². The van der Waals surface area contributed by atoms with Gasteiger partial charge in [0, 0.05) is 16.3 Å². The Morgan fingerprint density at radius 2 is 2.14 bits per heavy atom. The van der Waals surface area contributed by atoms with Crippen LogP contribution >= 0.6 is 23.2 Å². The summed E-state index contributed by atoms with van der Waals surface area (Å²) < 4.78 is 0. The molecule has 1 amide bonds. The maximum atomic E-state index is 11.8. The molecule has 2 N–H and O–H groups in total. The van der Waals surface area contributed by atoms with Crippen LogP contribution in [0, 0.1) is 0 Å². The maximum absolute atomic E-state index is 11.8. The average Bonchev–Trinajstić information content (AvgIpc) is 2.91. The number of benzene rings is 1. The van der Waals surface area contributed by atoms with Gasteiger partial charge in [-0.2, -0.15) is 10.2 Å². The van der Waals surface area contributed by atoms with Gasteiger partial charge in [0.25, 0.3) is 5.91 Å². The molecule has 0 spiro atoms. The fraction of sp³-hybridized carbons (Fsp3) is 0.214. The first-order valence-electron chi connectivity index (χ1n) is 6.31. The van der Waals surface area contributed by atoms with E-state index >= 15 is 0 Å². The minimum absolute atomic E-state index is 0.274. The summed E-state index contributed by atoms with van der Waals surface area (Å²) in [7, 11) is 0. The second kappa shape index (κ2) is 6.74. The molecule has 7 heteroatoms. The number of aromatic amines is 1. The molecule has 0 radical (unpaired) electrons. The van der Waals surface area contributed by atoms with Crippen LogP contribution in [0.4, 0.5) is 0 Å². The summed E-state index contributed by atoms with van der Waals surface area (Å²) in [6.45, 7) is 4.02. The molecule has 0 saturated carbocycles. The number of carbonyl (C=O) groups excluding carboxylic acids is 1. The van der Waals surface area contributed by atoms with Gasteiger partial charge in [0.15, 0.2) is 5.69 Å². The Kier molecular flexibility index (Phi) is 4.98. The van der Waals surface area contributed by atoms with E-state index in [9.17, 15) is 4.79 Å². The highest BCUT2D eigenvalue weighted by atomic mass is 35.5. The molecule has 0 aliphatic carbocycles. The molecule has 0 unspecified atom stereocenters. The van der Waals surface area contributed by atoms with Gasteiger partial charge in [0.2, 0.25) is 0 Å². The van der Waals surface area contributed by atoms with E-state index < -0.39 is 0 Å². The van der Waals surface area contributed by atoms with Crippen molar-refractivity contribution in [1.29, 1.82) is 0 Å². The number of amides is 1. The fourth-order valence-electron chi connectivity index (χ4n) is 1.57. The van der Waals surface area contributed by atoms with Crippen molar-refractivity contribution in [3.05, 3.63) is 51.3 Å². The lowest BCUT2D eigenvalue weighted by Gasteiger charge is -1.99. The highest BCUT2D eigenvalue weighted by Gasteiger charge is 2.11. The number of nitrogens with zero attached hydrogens (tertiary/aromatic N) is 2. The molecule has 0 saturated heterocycles. The molecular formula is C14H14Cl2N4O. The van der Waals surface area contributed by atoms with Gasteiger partial charge >= 0.3 is 0 Å². The molecule has 2 rings (SSSR count). The monoisotopic (exact) mass is 324 g/mol. The van der Waals surface area contributed by atoms with E-state index in [1.165, 1.54) is 6.21 Å². The predicted octanol–water partition coefficient (Wildman–Crippen LogP) is 3.60. The molecule has 1 aromatic carbocycles.